The summed E-state index contributed by atoms with van der Waals surface area (Å²) in [5.74, 6) is 0.218. The Balaban J connectivity index is 1.59. The van der Waals surface area contributed by atoms with Crippen molar-refractivity contribution in [1.82, 2.24) is 0 Å². The van der Waals surface area contributed by atoms with Crippen molar-refractivity contribution in [3.63, 3.8) is 0 Å². The molecule has 0 bridgehead atoms. The van der Waals surface area contributed by atoms with E-state index < -0.39 is 5.82 Å². The molecule has 0 radical (unpaired) electrons. The Kier molecular flexibility index (Phi) is 8.04. The second-order valence-electron chi connectivity index (χ2n) is 7.03. The van der Waals surface area contributed by atoms with Gasteiger partial charge in [0.25, 0.3) is 5.91 Å². The van der Waals surface area contributed by atoms with E-state index in [1.165, 1.54) is 23.1 Å². The van der Waals surface area contributed by atoms with Crippen LogP contribution >= 0.6 is 69.8 Å². The molecule has 1 amide bonds. The standard InChI is InChI=1S/C24H15Cl2FINO3S2/c1-31-20-9-13(8-19(28)22(20)32-12-14-4-2-3-5-16(14)25)10-21-23(30)29(24(33)34-21)15-6-7-18(27)17(26)11-15/h2-11H,12H2,1H3. The van der Waals surface area contributed by atoms with Crippen LogP contribution in [0, 0.1) is 9.39 Å². The summed E-state index contributed by atoms with van der Waals surface area (Å²) in [6.07, 6.45) is 1.73. The number of amides is 1. The van der Waals surface area contributed by atoms with Crippen molar-refractivity contribution in [3.8, 4) is 11.5 Å². The van der Waals surface area contributed by atoms with Gasteiger partial charge in [0.05, 0.1) is 26.3 Å². The summed E-state index contributed by atoms with van der Waals surface area (Å²) >= 11 is 20.8. The fraction of sp³-hybridized carbons (Fsp3) is 0.0833. The molecule has 1 aliphatic heterocycles. The summed E-state index contributed by atoms with van der Waals surface area (Å²) in [5.41, 5.74) is 2.01. The maximum Gasteiger partial charge on any atom is 0.270 e. The van der Waals surface area contributed by atoms with Gasteiger partial charge in [0.15, 0.2) is 15.8 Å². The number of hydrogen-bond donors (Lipinski definition) is 0. The van der Waals surface area contributed by atoms with Crippen molar-refractivity contribution < 1.29 is 18.7 Å². The number of halogens is 4. The topological polar surface area (TPSA) is 38.8 Å². The minimum Gasteiger partial charge on any atom is -0.493 e. The van der Waals surface area contributed by atoms with Crippen LogP contribution in [-0.2, 0) is 11.4 Å². The van der Waals surface area contributed by atoms with Crippen LogP contribution in [0.2, 0.25) is 10.0 Å². The number of benzene rings is 3. The zero-order valence-corrected chi connectivity index (χ0v) is 22.8. The lowest BCUT2D eigenvalue weighted by molar-refractivity contribution is -0.113. The number of anilines is 1. The first-order valence-electron chi connectivity index (χ1n) is 9.75. The second-order valence-corrected chi connectivity index (χ2v) is 10.7. The van der Waals surface area contributed by atoms with Gasteiger partial charge in [-0.15, -0.1) is 0 Å². The summed E-state index contributed by atoms with van der Waals surface area (Å²) in [7, 11) is 1.55. The van der Waals surface area contributed by atoms with Crippen molar-refractivity contribution in [1.29, 1.82) is 0 Å². The maximum absolute atomic E-state index is 13.5. The summed E-state index contributed by atoms with van der Waals surface area (Å²) in [5, 5.41) is 0.541. The molecular formula is C24H15Cl2FINO3S2. The molecule has 10 heteroatoms. The van der Waals surface area contributed by atoms with E-state index in [0.717, 1.165) is 26.5 Å². The Morgan fingerprint density at radius 1 is 1.15 bits per heavy atom. The molecule has 0 spiro atoms. The Morgan fingerprint density at radius 2 is 1.91 bits per heavy atom. The molecule has 0 aromatic heterocycles. The number of thioether (sulfide) groups is 1. The van der Waals surface area contributed by atoms with Crippen LogP contribution in [0.25, 0.3) is 6.08 Å². The molecule has 34 heavy (non-hydrogen) atoms. The molecule has 0 N–H and O–H groups in total. The van der Waals surface area contributed by atoms with Crippen LogP contribution in [0.5, 0.6) is 11.5 Å². The lowest BCUT2D eigenvalue weighted by Gasteiger charge is -2.15. The van der Waals surface area contributed by atoms with E-state index in [2.05, 4.69) is 22.6 Å². The molecule has 1 fully saturated rings. The van der Waals surface area contributed by atoms with Crippen molar-refractivity contribution in [2.24, 2.45) is 0 Å². The summed E-state index contributed by atoms with van der Waals surface area (Å²) in [6.45, 7) is 0.282. The van der Waals surface area contributed by atoms with Crippen LogP contribution < -0.4 is 14.4 Å². The molecule has 4 rings (SSSR count). The van der Waals surface area contributed by atoms with Gasteiger partial charge in [0.1, 0.15) is 12.4 Å². The third-order valence-electron chi connectivity index (χ3n) is 4.83. The molecule has 1 saturated heterocycles. The molecule has 0 aliphatic carbocycles. The van der Waals surface area contributed by atoms with Crippen molar-refractivity contribution in [2.75, 3.05) is 12.0 Å². The SMILES string of the molecule is COc1cc(C=C2SC(=S)N(c3ccc(F)c(Cl)c3)C2=O)cc(I)c1OCc1ccccc1Cl. The normalized spacial score (nSPS) is 14.7. The van der Waals surface area contributed by atoms with Gasteiger partial charge in [0, 0.05) is 10.6 Å². The van der Waals surface area contributed by atoms with Crippen molar-refractivity contribution in [2.45, 2.75) is 6.61 Å². The molecule has 1 aliphatic rings. The lowest BCUT2D eigenvalue weighted by Crippen LogP contribution is -2.27. The zero-order valence-electron chi connectivity index (χ0n) is 17.5. The van der Waals surface area contributed by atoms with Gasteiger partial charge >= 0.3 is 0 Å². The van der Waals surface area contributed by atoms with Gasteiger partial charge in [-0.1, -0.05) is 65.4 Å². The summed E-state index contributed by atoms with van der Waals surface area (Å²) in [4.78, 5) is 14.8. The highest BCUT2D eigenvalue weighted by Gasteiger charge is 2.33. The first-order chi connectivity index (χ1) is 16.3. The second kappa shape index (κ2) is 10.8. The van der Waals surface area contributed by atoms with Crippen LogP contribution in [0.4, 0.5) is 10.1 Å². The Bertz CT molecular complexity index is 1340. The lowest BCUT2D eigenvalue weighted by atomic mass is 10.1. The van der Waals surface area contributed by atoms with Gasteiger partial charge in [-0.05, 0) is 70.6 Å². The predicted molar refractivity (Wildman–Crippen MR) is 149 cm³/mol. The Labute approximate surface area is 229 Å². The molecule has 3 aromatic carbocycles. The molecular weight excluding hydrogens is 631 g/mol. The molecule has 1 heterocycles. The average Bonchev–Trinajstić information content (AvgIpc) is 3.08. The van der Waals surface area contributed by atoms with Gasteiger partial charge in [-0.25, -0.2) is 4.39 Å². The smallest absolute Gasteiger partial charge is 0.270 e. The van der Waals surface area contributed by atoms with Crippen LogP contribution in [0.3, 0.4) is 0 Å². The molecule has 0 atom stereocenters. The van der Waals surface area contributed by atoms with E-state index in [9.17, 15) is 9.18 Å². The van der Waals surface area contributed by atoms with Gasteiger partial charge in [-0.2, -0.15) is 0 Å². The first-order valence-corrected chi connectivity index (χ1v) is 12.8. The zero-order chi connectivity index (χ0) is 24.4. The van der Waals surface area contributed by atoms with Crippen molar-refractivity contribution >= 4 is 91.8 Å². The quantitative estimate of drug-likeness (QED) is 0.156. The van der Waals surface area contributed by atoms with Crippen LogP contribution in [-0.4, -0.2) is 17.3 Å². The summed E-state index contributed by atoms with van der Waals surface area (Å²) < 4.78 is 26.2. The number of thiocarbonyl (C=S) groups is 1. The molecule has 3 aromatic rings. The van der Waals surface area contributed by atoms with E-state index in [1.54, 1.807) is 19.3 Å². The highest BCUT2D eigenvalue weighted by molar-refractivity contribution is 14.1. The number of methoxy groups -OCH3 is 1. The number of hydrogen-bond acceptors (Lipinski definition) is 5. The highest BCUT2D eigenvalue weighted by Crippen LogP contribution is 2.39. The van der Waals surface area contributed by atoms with Crippen LogP contribution in [0.1, 0.15) is 11.1 Å². The fourth-order valence-corrected chi connectivity index (χ4v) is 5.64. The van der Waals surface area contributed by atoms with E-state index in [4.69, 9.17) is 44.9 Å². The third kappa shape index (κ3) is 5.36. The highest BCUT2D eigenvalue weighted by atomic mass is 127. The maximum atomic E-state index is 13.5. The Morgan fingerprint density at radius 3 is 2.62 bits per heavy atom. The van der Waals surface area contributed by atoms with E-state index in [-0.39, 0.29) is 17.5 Å². The number of rotatable bonds is 6. The van der Waals surface area contributed by atoms with E-state index in [1.807, 2.05) is 30.3 Å². The molecule has 0 saturated carbocycles. The molecule has 174 valence electrons. The number of carbonyl (C=O) groups is 1. The average molecular weight is 646 g/mol. The third-order valence-corrected chi connectivity index (χ3v) is 7.60. The van der Waals surface area contributed by atoms with E-state index in [0.29, 0.717) is 31.4 Å². The molecule has 4 nitrogen and oxygen atoms in total. The van der Waals surface area contributed by atoms with Crippen LogP contribution in [0.15, 0.2) is 59.5 Å². The van der Waals surface area contributed by atoms with Gasteiger partial charge in [0.2, 0.25) is 0 Å². The number of ether oxygens (including phenoxy) is 2. The fourth-order valence-electron chi connectivity index (χ4n) is 3.19. The summed E-state index contributed by atoms with van der Waals surface area (Å²) in [6, 6.07) is 15.2. The minimum atomic E-state index is -0.565. The monoisotopic (exact) mass is 645 g/mol. The predicted octanol–water partition coefficient (Wildman–Crippen LogP) is 7.73. The minimum absolute atomic E-state index is 0.0813. The number of nitrogens with zero attached hydrogens (tertiary/aromatic N) is 1. The number of carbonyl (C=O) groups excluding carboxylic acids is 1. The van der Waals surface area contributed by atoms with Crippen molar-refractivity contribution in [3.05, 3.63) is 90.1 Å². The Hall–Kier alpha value is -1.85. The van der Waals surface area contributed by atoms with E-state index >= 15 is 0 Å². The first kappa shape index (κ1) is 25.2. The van der Waals surface area contributed by atoms with Gasteiger partial charge < -0.3 is 9.47 Å². The largest absolute Gasteiger partial charge is 0.493 e. The molecule has 0 unspecified atom stereocenters. The van der Waals surface area contributed by atoms with Gasteiger partial charge in [-0.3, -0.25) is 9.69 Å².